The van der Waals surface area contributed by atoms with Crippen LogP contribution in [-0.2, 0) is 9.63 Å². The molecule has 1 aromatic heterocycles. The van der Waals surface area contributed by atoms with Gasteiger partial charge in [0.15, 0.2) is 5.43 Å². The molecule has 0 amide bonds. The van der Waals surface area contributed by atoms with Gasteiger partial charge in [0.1, 0.15) is 17.6 Å². The standard InChI is InChI=1S/C20H13NO4/c1-12-7-8-17-15(9-12)19(22)14(11-24-17)10-16-18(21-25-20(16)23)13-5-3-2-4-6-13/h2-11H,1H3/b16-10-. The van der Waals surface area contributed by atoms with Gasteiger partial charge in [-0.2, -0.15) is 0 Å². The number of rotatable bonds is 2. The second-order valence-corrected chi connectivity index (χ2v) is 5.76. The minimum absolute atomic E-state index is 0.204. The van der Waals surface area contributed by atoms with E-state index in [-0.39, 0.29) is 16.6 Å². The van der Waals surface area contributed by atoms with Gasteiger partial charge in [0.2, 0.25) is 0 Å². The van der Waals surface area contributed by atoms with Crippen molar-refractivity contribution in [1.82, 2.24) is 0 Å². The Balaban J connectivity index is 1.86. The molecule has 1 aliphatic rings. The molecule has 1 aliphatic heterocycles. The van der Waals surface area contributed by atoms with Crippen LogP contribution in [0, 0.1) is 6.92 Å². The average molecular weight is 331 g/mol. The lowest BCUT2D eigenvalue weighted by Crippen LogP contribution is -2.10. The van der Waals surface area contributed by atoms with Crippen molar-refractivity contribution in [2.75, 3.05) is 0 Å². The van der Waals surface area contributed by atoms with Gasteiger partial charge >= 0.3 is 5.97 Å². The SMILES string of the molecule is Cc1ccc2occ(/C=C3\C(=O)ON=C3c3ccccc3)c(=O)c2c1. The molecular formula is C20H13NO4. The molecule has 4 rings (SSSR count). The van der Waals surface area contributed by atoms with E-state index in [4.69, 9.17) is 9.25 Å². The molecule has 2 aromatic carbocycles. The predicted molar refractivity (Wildman–Crippen MR) is 94.3 cm³/mol. The summed E-state index contributed by atoms with van der Waals surface area (Å²) in [4.78, 5) is 29.6. The molecule has 0 bridgehead atoms. The molecule has 0 radical (unpaired) electrons. The molecule has 3 aromatic rings. The minimum Gasteiger partial charge on any atom is -0.463 e. The zero-order valence-corrected chi connectivity index (χ0v) is 13.4. The highest BCUT2D eigenvalue weighted by atomic mass is 16.7. The molecule has 0 atom stereocenters. The fraction of sp³-hybridized carbons (Fsp3) is 0.0500. The zero-order chi connectivity index (χ0) is 17.4. The normalized spacial score (nSPS) is 15.5. The van der Waals surface area contributed by atoms with E-state index in [1.807, 2.05) is 43.3 Å². The number of aryl methyl sites for hydroxylation is 1. The highest BCUT2D eigenvalue weighted by molar-refractivity contribution is 6.31. The fourth-order valence-corrected chi connectivity index (χ4v) is 2.73. The summed E-state index contributed by atoms with van der Waals surface area (Å²) in [5.41, 5.74) is 2.89. The molecule has 5 heteroatoms. The van der Waals surface area contributed by atoms with Crippen molar-refractivity contribution >= 4 is 28.7 Å². The number of carbonyl (C=O) groups excluding carboxylic acids is 1. The third-order valence-electron chi connectivity index (χ3n) is 4.00. The van der Waals surface area contributed by atoms with E-state index in [9.17, 15) is 9.59 Å². The first-order valence-electron chi connectivity index (χ1n) is 7.72. The van der Waals surface area contributed by atoms with Crippen LogP contribution in [-0.4, -0.2) is 11.7 Å². The lowest BCUT2D eigenvalue weighted by atomic mass is 10.0. The van der Waals surface area contributed by atoms with Gasteiger partial charge in [0, 0.05) is 5.56 Å². The molecule has 2 heterocycles. The molecule has 0 fully saturated rings. The first kappa shape index (κ1) is 15.1. The Hall–Kier alpha value is -3.47. The third-order valence-corrected chi connectivity index (χ3v) is 4.00. The Morgan fingerprint density at radius 3 is 2.64 bits per heavy atom. The summed E-state index contributed by atoms with van der Waals surface area (Å²) in [6.07, 6.45) is 2.82. The molecule has 0 saturated carbocycles. The van der Waals surface area contributed by atoms with Crippen LogP contribution in [0.3, 0.4) is 0 Å². The Morgan fingerprint density at radius 1 is 1.04 bits per heavy atom. The summed E-state index contributed by atoms with van der Waals surface area (Å²) in [7, 11) is 0. The van der Waals surface area contributed by atoms with E-state index in [0.29, 0.717) is 16.7 Å². The maximum atomic E-state index is 12.7. The van der Waals surface area contributed by atoms with Crippen molar-refractivity contribution in [2.24, 2.45) is 5.16 Å². The minimum atomic E-state index is -0.595. The van der Waals surface area contributed by atoms with E-state index >= 15 is 0 Å². The van der Waals surface area contributed by atoms with E-state index in [0.717, 1.165) is 11.1 Å². The predicted octanol–water partition coefficient (Wildman–Crippen LogP) is 3.45. The van der Waals surface area contributed by atoms with Crippen LogP contribution in [0.2, 0.25) is 0 Å². The maximum Gasteiger partial charge on any atom is 0.368 e. The maximum absolute atomic E-state index is 12.7. The second-order valence-electron chi connectivity index (χ2n) is 5.76. The average Bonchev–Trinajstić information content (AvgIpc) is 2.99. The number of fused-ring (bicyclic) bond motifs is 1. The molecule has 0 saturated heterocycles. The summed E-state index contributed by atoms with van der Waals surface area (Å²) >= 11 is 0. The van der Waals surface area contributed by atoms with E-state index in [1.54, 1.807) is 12.1 Å². The van der Waals surface area contributed by atoms with Crippen LogP contribution < -0.4 is 5.43 Å². The van der Waals surface area contributed by atoms with Gasteiger partial charge in [0.25, 0.3) is 0 Å². The van der Waals surface area contributed by atoms with Crippen molar-refractivity contribution in [3.8, 4) is 0 Å². The van der Waals surface area contributed by atoms with Crippen LogP contribution in [0.1, 0.15) is 16.7 Å². The van der Waals surface area contributed by atoms with E-state index in [1.165, 1.54) is 12.3 Å². The topological polar surface area (TPSA) is 68.9 Å². The summed E-state index contributed by atoms with van der Waals surface area (Å²) < 4.78 is 5.53. The molecular weight excluding hydrogens is 318 g/mol. The number of hydrogen-bond donors (Lipinski definition) is 0. The molecule has 0 unspecified atom stereocenters. The van der Waals surface area contributed by atoms with Crippen molar-refractivity contribution in [1.29, 1.82) is 0 Å². The lowest BCUT2D eigenvalue weighted by molar-refractivity contribution is -0.136. The quantitative estimate of drug-likeness (QED) is 0.533. The fourth-order valence-electron chi connectivity index (χ4n) is 2.73. The zero-order valence-electron chi connectivity index (χ0n) is 13.4. The smallest absolute Gasteiger partial charge is 0.368 e. The lowest BCUT2D eigenvalue weighted by Gasteiger charge is -2.02. The van der Waals surface area contributed by atoms with Gasteiger partial charge in [-0.1, -0.05) is 47.1 Å². The van der Waals surface area contributed by atoms with Crippen molar-refractivity contribution in [3.63, 3.8) is 0 Å². The third kappa shape index (κ3) is 2.65. The summed E-state index contributed by atoms with van der Waals surface area (Å²) in [5, 5.41) is 4.31. The van der Waals surface area contributed by atoms with Gasteiger partial charge in [-0.3, -0.25) is 4.79 Å². The monoisotopic (exact) mass is 331 g/mol. The Kier molecular flexibility index (Phi) is 3.54. The number of hydrogen-bond acceptors (Lipinski definition) is 5. The Bertz CT molecular complexity index is 1110. The van der Waals surface area contributed by atoms with Crippen molar-refractivity contribution in [3.05, 3.63) is 87.3 Å². The molecule has 122 valence electrons. The van der Waals surface area contributed by atoms with Crippen LogP contribution in [0.4, 0.5) is 0 Å². The molecule has 0 aliphatic carbocycles. The van der Waals surface area contributed by atoms with Gasteiger partial charge in [0.05, 0.1) is 16.5 Å². The molecule has 25 heavy (non-hydrogen) atoms. The Morgan fingerprint density at radius 2 is 1.84 bits per heavy atom. The number of oxime groups is 1. The number of carbonyl (C=O) groups is 1. The summed E-state index contributed by atoms with van der Waals surface area (Å²) in [5.74, 6) is -0.595. The highest BCUT2D eigenvalue weighted by Crippen LogP contribution is 2.21. The van der Waals surface area contributed by atoms with E-state index < -0.39 is 5.97 Å². The summed E-state index contributed by atoms with van der Waals surface area (Å²) in [6.45, 7) is 1.90. The first-order valence-corrected chi connectivity index (χ1v) is 7.72. The van der Waals surface area contributed by atoms with Gasteiger partial charge in [-0.25, -0.2) is 4.79 Å². The second kappa shape index (κ2) is 5.87. The van der Waals surface area contributed by atoms with Crippen LogP contribution in [0.25, 0.3) is 17.0 Å². The van der Waals surface area contributed by atoms with Crippen LogP contribution in [0.15, 0.2) is 74.7 Å². The Labute approximate surface area is 142 Å². The molecule has 0 spiro atoms. The van der Waals surface area contributed by atoms with Crippen LogP contribution in [0.5, 0.6) is 0 Å². The van der Waals surface area contributed by atoms with Crippen LogP contribution >= 0.6 is 0 Å². The molecule has 0 N–H and O–H groups in total. The van der Waals surface area contributed by atoms with Gasteiger partial charge < -0.3 is 9.25 Å². The largest absolute Gasteiger partial charge is 0.463 e. The number of benzene rings is 2. The molecule has 5 nitrogen and oxygen atoms in total. The first-order chi connectivity index (χ1) is 12.1. The van der Waals surface area contributed by atoms with Crippen molar-refractivity contribution < 1.29 is 14.0 Å². The van der Waals surface area contributed by atoms with E-state index in [2.05, 4.69) is 5.16 Å². The van der Waals surface area contributed by atoms with Crippen molar-refractivity contribution in [2.45, 2.75) is 6.92 Å². The highest BCUT2D eigenvalue weighted by Gasteiger charge is 2.27. The number of nitrogens with zero attached hydrogens (tertiary/aromatic N) is 1. The van der Waals surface area contributed by atoms with Gasteiger partial charge in [-0.05, 0) is 25.1 Å². The summed E-state index contributed by atoms with van der Waals surface area (Å²) in [6, 6.07) is 14.6. The van der Waals surface area contributed by atoms with Gasteiger partial charge in [-0.15, -0.1) is 0 Å².